The van der Waals surface area contributed by atoms with E-state index in [0.29, 0.717) is 17.4 Å². The van der Waals surface area contributed by atoms with E-state index in [2.05, 4.69) is 29.2 Å². The highest BCUT2D eigenvalue weighted by molar-refractivity contribution is 6.35. The molecule has 1 saturated carbocycles. The van der Waals surface area contributed by atoms with Gasteiger partial charge in [0.2, 0.25) is 11.7 Å². The van der Waals surface area contributed by atoms with Crippen LogP contribution in [-0.2, 0) is 10.2 Å². The molecule has 0 bridgehead atoms. The van der Waals surface area contributed by atoms with Crippen LogP contribution in [0.1, 0.15) is 44.5 Å². The molecule has 1 N–H and O–H groups in total. The number of benzene rings is 1. The quantitative estimate of drug-likeness (QED) is 0.596. The van der Waals surface area contributed by atoms with Crippen molar-refractivity contribution in [2.24, 2.45) is 5.92 Å². The predicted molar refractivity (Wildman–Crippen MR) is 112 cm³/mol. The zero-order valence-corrected chi connectivity index (χ0v) is 17.1. The molecule has 0 spiro atoms. The van der Waals surface area contributed by atoms with Crippen molar-refractivity contribution in [3.8, 4) is 6.07 Å². The van der Waals surface area contributed by atoms with Gasteiger partial charge in [0.1, 0.15) is 19.7 Å². The summed E-state index contributed by atoms with van der Waals surface area (Å²) in [6, 6.07) is 9.47. The Morgan fingerprint density at radius 1 is 1.39 bits per heavy atom. The molecule has 1 aliphatic rings. The normalized spacial score (nSPS) is 14.8. The maximum Gasteiger partial charge on any atom is 0.249 e. The Hall–Kier alpha value is -2.59. The third kappa shape index (κ3) is 3.97. The molecule has 0 aliphatic heterocycles. The number of aromatic nitrogens is 2. The van der Waals surface area contributed by atoms with Gasteiger partial charge in [-0.2, -0.15) is 5.26 Å². The predicted octanol–water partition coefficient (Wildman–Crippen LogP) is 1.88. The first-order chi connectivity index (χ1) is 13.4. The molecule has 1 aromatic heterocycles. The monoisotopic (exact) mass is 395 g/mol. The number of hydrogen-bond donors (Lipinski definition) is 1. The van der Waals surface area contributed by atoms with Gasteiger partial charge in [-0.15, -0.1) is 0 Å². The van der Waals surface area contributed by atoms with Crippen molar-refractivity contribution in [2.45, 2.75) is 38.5 Å². The van der Waals surface area contributed by atoms with Crippen LogP contribution in [0.5, 0.6) is 0 Å². The van der Waals surface area contributed by atoms with Gasteiger partial charge in [0.25, 0.3) is 0 Å². The Labute approximate surface area is 171 Å². The summed E-state index contributed by atoms with van der Waals surface area (Å²) < 4.78 is 0. The summed E-state index contributed by atoms with van der Waals surface area (Å²) in [5.41, 5.74) is 4.29. The minimum Gasteiger partial charge on any atom is -0.272 e. The van der Waals surface area contributed by atoms with E-state index in [1.54, 1.807) is 11.2 Å². The Kier molecular flexibility index (Phi) is 5.90. The Balaban J connectivity index is 1.91. The van der Waals surface area contributed by atoms with E-state index in [4.69, 9.17) is 16.9 Å². The van der Waals surface area contributed by atoms with E-state index in [-0.39, 0.29) is 17.6 Å². The van der Waals surface area contributed by atoms with Crippen LogP contribution in [0.4, 0.5) is 5.82 Å². The molecular weight excluding hydrogens is 373 g/mol. The fourth-order valence-corrected chi connectivity index (χ4v) is 3.61. The zero-order chi connectivity index (χ0) is 20.3. The molecule has 6 nitrogen and oxygen atoms in total. The maximum absolute atomic E-state index is 13.4. The average Bonchev–Trinajstić information content (AvgIpc) is 2.62. The lowest BCUT2D eigenvalue weighted by Crippen LogP contribution is -2.56. The number of anilines is 1. The zero-order valence-electron chi connectivity index (χ0n) is 16.4. The molecule has 8 heteroatoms. The van der Waals surface area contributed by atoms with Gasteiger partial charge in [-0.3, -0.25) is 15.2 Å². The van der Waals surface area contributed by atoms with Crippen LogP contribution in [0, 0.1) is 17.2 Å². The topological polar surface area (TPSA) is 81.9 Å². The number of halogens is 1. The van der Waals surface area contributed by atoms with E-state index >= 15 is 0 Å². The summed E-state index contributed by atoms with van der Waals surface area (Å²) in [6.07, 6.45) is 4.20. The van der Waals surface area contributed by atoms with Crippen molar-refractivity contribution in [2.75, 3.05) is 11.6 Å². The molecule has 0 atom stereocenters. The second kappa shape index (κ2) is 8.20. The molecule has 28 heavy (non-hydrogen) atoms. The van der Waals surface area contributed by atoms with Gasteiger partial charge in [0, 0.05) is 17.8 Å². The Bertz CT molecular complexity index is 906. The van der Waals surface area contributed by atoms with Gasteiger partial charge >= 0.3 is 0 Å². The van der Waals surface area contributed by atoms with Gasteiger partial charge in [-0.1, -0.05) is 44.0 Å². The second-order valence-electron chi connectivity index (χ2n) is 7.70. The van der Waals surface area contributed by atoms with E-state index in [0.717, 1.165) is 30.3 Å². The minimum atomic E-state index is -0.557. The number of rotatable bonds is 6. The van der Waals surface area contributed by atoms with E-state index in [1.807, 2.05) is 38.2 Å². The summed E-state index contributed by atoms with van der Waals surface area (Å²) in [4.78, 5) is 21.7. The number of carbonyl (C=O) groups is 1. The molecule has 2 aromatic rings. The third-order valence-corrected chi connectivity index (χ3v) is 5.38. The molecule has 144 valence electrons. The molecule has 1 aliphatic carbocycles. The maximum atomic E-state index is 13.4. The first kappa shape index (κ1) is 20.2. The molecule has 3 rings (SSSR count). The highest BCUT2D eigenvalue weighted by atomic mass is 35.5. The van der Waals surface area contributed by atoms with Crippen LogP contribution in [0.3, 0.4) is 0 Å². The lowest BCUT2D eigenvalue weighted by molar-refractivity contribution is -0.130. The number of nitrogens with zero attached hydrogens (tertiary/aromatic N) is 4. The van der Waals surface area contributed by atoms with Crippen molar-refractivity contribution in [3.05, 3.63) is 46.9 Å². The first-order valence-corrected chi connectivity index (χ1v) is 9.82. The van der Waals surface area contributed by atoms with Gasteiger partial charge in [-0.05, 0) is 41.9 Å². The van der Waals surface area contributed by atoms with Crippen LogP contribution < -0.4 is 15.9 Å². The summed E-state index contributed by atoms with van der Waals surface area (Å²) in [5, 5.41) is 11.6. The number of nitriles is 1. The molecule has 0 radical (unpaired) electrons. The highest BCUT2D eigenvalue weighted by Gasteiger charge is 2.46. The minimum absolute atomic E-state index is 0.0572. The average molecular weight is 396 g/mol. The molecule has 1 heterocycles. The Morgan fingerprint density at radius 3 is 2.61 bits per heavy atom. The molecule has 1 aromatic carbocycles. The van der Waals surface area contributed by atoms with Gasteiger partial charge < -0.3 is 0 Å². The largest absolute Gasteiger partial charge is 0.272 e. The van der Waals surface area contributed by atoms with Crippen LogP contribution >= 0.6 is 11.6 Å². The number of nitrogens with one attached hydrogen (secondary N) is 1. The van der Waals surface area contributed by atoms with E-state index in [1.165, 1.54) is 0 Å². The summed E-state index contributed by atoms with van der Waals surface area (Å²) in [7, 11) is 1.87. The molecule has 1 fully saturated rings. The third-order valence-electron chi connectivity index (χ3n) is 5.12. The number of carbonyl (C=O) groups excluding carboxylic acids is 1. The van der Waals surface area contributed by atoms with E-state index in [9.17, 15) is 4.79 Å². The van der Waals surface area contributed by atoms with Crippen molar-refractivity contribution >= 4 is 36.6 Å². The van der Waals surface area contributed by atoms with E-state index < -0.39 is 5.41 Å². The van der Waals surface area contributed by atoms with Crippen LogP contribution in [0.25, 0.3) is 0 Å². The lowest BCUT2D eigenvalue weighted by Gasteiger charge is -2.42. The van der Waals surface area contributed by atoms with Crippen LogP contribution in [0.2, 0.25) is 5.02 Å². The number of amides is 1. The summed E-state index contributed by atoms with van der Waals surface area (Å²) in [5.74, 6) is 0.866. The molecule has 0 unspecified atom stereocenters. The number of hydrazine groups is 1. The van der Waals surface area contributed by atoms with Crippen molar-refractivity contribution in [1.82, 2.24) is 15.4 Å². The lowest BCUT2D eigenvalue weighted by atomic mass is 9.64. The van der Waals surface area contributed by atoms with Crippen LogP contribution in [0.15, 0.2) is 30.5 Å². The van der Waals surface area contributed by atoms with Gasteiger partial charge in [-0.25, -0.2) is 9.97 Å². The molecular formula is C20H23BClN5O. The second-order valence-corrected chi connectivity index (χ2v) is 8.14. The van der Waals surface area contributed by atoms with Gasteiger partial charge in [0.05, 0.1) is 5.41 Å². The summed E-state index contributed by atoms with van der Waals surface area (Å²) in [6.45, 7) is 4.71. The number of hydrogen-bond acceptors (Lipinski definition) is 5. The molecule has 0 saturated heterocycles. The highest BCUT2D eigenvalue weighted by Crippen LogP contribution is 2.44. The molecule has 1 amide bonds. The summed E-state index contributed by atoms with van der Waals surface area (Å²) >= 11 is 6.02. The smallest absolute Gasteiger partial charge is 0.249 e. The fraction of sp³-hybridized carbons (Fsp3) is 0.400. The standard InChI is InChI=1S/C20H23BClN5O/c1-13(2)12-27(18-16(21)11-24-17(10-23)25-18)26-19(28)20(8-3-9-20)14-4-6-15(22)7-5-14/h4-7,11,13H,3,8-9,12,21H2,1-2H3,(H,26,28). The van der Waals surface area contributed by atoms with Crippen molar-refractivity contribution in [1.29, 1.82) is 5.26 Å². The van der Waals surface area contributed by atoms with Crippen LogP contribution in [-0.4, -0.2) is 30.3 Å². The van der Waals surface area contributed by atoms with Crippen molar-refractivity contribution < 1.29 is 4.79 Å². The first-order valence-electron chi connectivity index (χ1n) is 9.44. The van der Waals surface area contributed by atoms with Gasteiger partial charge in [0.15, 0.2) is 0 Å². The Morgan fingerprint density at radius 2 is 2.07 bits per heavy atom. The fourth-order valence-electron chi connectivity index (χ4n) is 3.49. The SMILES string of the molecule is Bc1cnc(C#N)nc1N(CC(C)C)NC(=O)C1(c2ccc(Cl)cc2)CCC1. The van der Waals surface area contributed by atoms with Crippen molar-refractivity contribution in [3.63, 3.8) is 0 Å².